The first-order valence-corrected chi connectivity index (χ1v) is 9.41. The number of fused-ring (bicyclic) bond motifs is 1. The average molecular weight is 371 g/mol. The summed E-state index contributed by atoms with van der Waals surface area (Å²) in [4.78, 5) is 13.7. The highest BCUT2D eigenvalue weighted by atomic mass is 35.5. The van der Waals surface area contributed by atoms with Crippen LogP contribution in [-0.4, -0.2) is 45.8 Å². The number of anilines is 2. The standard InChI is InChI=1S/C19H23ClN6/c1-4-16-14(3)23-19-21-12-22-26(19)18(16)25-9-7-24(8-10-25)17-11-15(20)6-5-13(17)2/h5-6,11-12H,4,7-10H2,1-3H3. The van der Waals surface area contributed by atoms with E-state index >= 15 is 0 Å². The van der Waals surface area contributed by atoms with Crippen molar-refractivity contribution in [1.29, 1.82) is 0 Å². The van der Waals surface area contributed by atoms with E-state index in [0.717, 1.165) is 49.1 Å². The molecule has 6 nitrogen and oxygen atoms in total. The van der Waals surface area contributed by atoms with Gasteiger partial charge >= 0.3 is 0 Å². The van der Waals surface area contributed by atoms with Crippen LogP contribution in [0.4, 0.5) is 11.5 Å². The van der Waals surface area contributed by atoms with Crippen molar-refractivity contribution in [2.24, 2.45) is 0 Å². The van der Waals surface area contributed by atoms with Crippen molar-refractivity contribution in [2.45, 2.75) is 27.2 Å². The van der Waals surface area contributed by atoms with Crippen LogP contribution in [0, 0.1) is 13.8 Å². The number of halogens is 1. The first-order valence-electron chi connectivity index (χ1n) is 9.03. The number of nitrogens with zero attached hydrogens (tertiary/aromatic N) is 6. The molecule has 0 saturated carbocycles. The van der Waals surface area contributed by atoms with Crippen LogP contribution in [0.3, 0.4) is 0 Å². The minimum Gasteiger partial charge on any atom is -0.368 e. The molecule has 0 atom stereocenters. The average Bonchev–Trinajstić information content (AvgIpc) is 3.10. The predicted octanol–water partition coefficient (Wildman–Crippen LogP) is 3.28. The van der Waals surface area contributed by atoms with Gasteiger partial charge < -0.3 is 9.80 Å². The molecule has 1 aliphatic rings. The van der Waals surface area contributed by atoms with E-state index in [9.17, 15) is 0 Å². The second-order valence-electron chi connectivity index (χ2n) is 6.73. The molecule has 136 valence electrons. The second kappa shape index (κ2) is 6.76. The SMILES string of the molecule is CCc1c(C)nc2ncnn2c1N1CCN(c2cc(Cl)ccc2C)CC1. The molecule has 1 aliphatic heterocycles. The van der Waals surface area contributed by atoms with E-state index in [2.05, 4.69) is 57.8 Å². The summed E-state index contributed by atoms with van der Waals surface area (Å²) in [5.74, 6) is 1.80. The fourth-order valence-electron chi connectivity index (χ4n) is 3.79. The summed E-state index contributed by atoms with van der Waals surface area (Å²) >= 11 is 6.21. The number of rotatable bonds is 3. The van der Waals surface area contributed by atoms with Crippen LogP contribution in [0.25, 0.3) is 5.78 Å². The Morgan fingerprint density at radius 1 is 1.08 bits per heavy atom. The summed E-state index contributed by atoms with van der Waals surface area (Å²) in [5.41, 5.74) is 4.77. The lowest BCUT2D eigenvalue weighted by atomic mass is 10.1. The van der Waals surface area contributed by atoms with Crippen LogP contribution >= 0.6 is 11.6 Å². The normalized spacial score (nSPS) is 15.1. The molecule has 3 aromatic rings. The van der Waals surface area contributed by atoms with Crippen molar-refractivity contribution in [3.63, 3.8) is 0 Å². The highest BCUT2D eigenvalue weighted by Gasteiger charge is 2.24. The predicted molar refractivity (Wildman–Crippen MR) is 106 cm³/mol. The van der Waals surface area contributed by atoms with Gasteiger partial charge in [0, 0.05) is 48.1 Å². The molecular formula is C19H23ClN6. The van der Waals surface area contributed by atoms with E-state index in [1.165, 1.54) is 16.8 Å². The Labute approximate surface area is 158 Å². The van der Waals surface area contributed by atoms with Gasteiger partial charge in [0.05, 0.1) is 0 Å². The van der Waals surface area contributed by atoms with Gasteiger partial charge in [-0.2, -0.15) is 14.6 Å². The van der Waals surface area contributed by atoms with Gasteiger partial charge in [0.25, 0.3) is 5.78 Å². The van der Waals surface area contributed by atoms with Gasteiger partial charge in [0.2, 0.25) is 0 Å². The molecule has 1 saturated heterocycles. The molecular weight excluding hydrogens is 348 g/mol. The third-order valence-corrected chi connectivity index (χ3v) is 5.38. The third kappa shape index (κ3) is 2.88. The highest BCUT2D eigenvalue weighted by Crippen LogP contribution is 2.28. The molecule has 0 aliphatic carbocycles. The van der Waals surface area contributed by atoms with Crippen molar-refractivity contribution in [3.8, 4) is 0 Å². The lowest BCUT2D eigenvalue weighted by Crippen LogP contribution is -2.47. The molecule has 0 radical (unpaired) electrons. The number of aryl methyl sites for hydroxylation is 2. The van der Waals surface area contributed by atoms with Gasteiger partial charge in [-0.1, -0.05) is 24.6 Å². The van der Waals surface area contributed by atoms with Gasteiger partial charge in [-0.05, 0) is 38.0 Å². The Kier molecular flexibility index (Phi) is 4.44. The number of hydrogen-bond acceptors (Lipinski definition) is 5. The molecule has 7 heteroatoms. The first kappa shape index (κ1) is 17.1. The summed E-state index contributed by atoms with van der Waals surface area (Å²) < 4.78 is 1.88. The maximum absolute atomic E-state index is 6.21. The van der Waals surface area contributed by atoms with E-state index in [1.54, 1.807) is 6.33 Å². The van der Waals surface area contributed by atoms with Crippen molar-refractivity contribution in [2.75, 3.05) is 36.0 Å². The van der Waals surface area contributed by atoms with Crippen LogP contribution < -0.4 is 9.80 Å². The largest absolute Gasteiger partial charge is 0.368 e. The minimum absolute atomic E-state index is 0.669. The van der Waals surface area contributed by atoms with E-state index < -0.39 is 0 Å². The Balaban J connectivity index is 1.64. The zero-order valence-corrected chi connectivity index (χ0v) is 16.2. The van der Waals surface area contributed by atoms with Gasteiger partial charge in [-0.3, -0.25) is 0 Å². The van der Waals surface area contributed by atoms with E-state index in [4.69, 9.17) is 11.6 Å². The van der Waals surface area contributed by atoms with E-state index in [0.29, 0.717) is 5.78 Å². The lowest BCUT2D eigenvalue weighted by molar-refractivity contribution is 0.633. The molecule has 0 N–H and O–H groups in total. The van der Waals surface area contributed by atoms with Crippen LogP contribution in [0.15, 0.2) is 24.5 Å². The minimum atomic E-state index is 0.669. The fraction of sp³-hybridized carbons (Fsp3) is 0.421. The van der Waals surface area contributed by atoms with Gasteiger partial charge in [-0.25, -0.2) is 4.98 Å². The summed E-state index contributed by atoms with van der Waals surface area (Å²) in [6, 6.07) is 6.10. The van der Waals surface area contributed by atoms with Crippen LogP contribution in [0.1, 0.15) is 23.7 Å². The molecule has 4 rings (SSSR count). The van der Waals surface area contributed by atoms with Crippen molar-refractivity contribution >= 4 is 28.9 Å². The van der Waals surface area contributed by atoms with Crippen molar-refractivity contribution in [1.82, 2.24) is 19.6 Å². The number of piperazine rings is 1. The molecule has 26 heavy (non-hydrogen) atoms. The molecule has 0 bridgehead atoms. The topological polar surface area (TPSA) is 49.6 Å². The summed E-state index contributed by atoms with van der Waals surface area (Å²) in [6.07, 6.45) is 2.51. The van der Waals surface area contributed by atoms with Crippen LogP contribution in [0.5, 0.6) is 0 Å². The van der Waals surface area contributed by atoms with E-state index in [1.807, 2.05) is 10.6 Å². The maximum atomic E-state index is 6.21. The molecule has 2 aromatic heterocycles. The van der Waals surface area contributed by atoms with E-state index in [-0.39, 0.29) is 0 Å². The smallest absolute Gasteiger partial charge is 0.254 e. The molecule has 1 aromatic carbocycles. The summed E-state index contributed by atoms with van der Waals surface area (Å²) in [7, 11) is 0. The Hall–Kier alpha value is -2.34. The van der Waals surface area contributed by atoms with Gasteiger partial charge in [0.15, 0.2) is 0 Å². The molecule has 3 heterocycles. The molecule has 1 fully saturated rings. The second-order valence-corrected chi connectivity index (χ2v) is 7.17. The third-order valence-electron chi connectivity index (χ3n) is 5.15. The number of benzene rings is 1. The monoisotopic (exact) mass is 370 g/mol. The zero-order chi connectivity index (χ0) is 18.3. The zero-order valence-electron chi connectivity index (χ0n) is 15.4. The van der Waals surface area contributed by atoms with Crippen LogP contribution in [0.2, 0.25) is 5.02 Å². The lowest BCUT2D eigenvalue weighted by Gasteiger charge is -2.38. The Morgan fingerprint density at radius 3 is 2.54 bits per heavy atom. The van der Waals surface area contributed by atoms with Gasteiger partial charge in [0.1, 0.15) is 12.1 Å². The highest BCUT2D eigenvalue weighted by molar-refractivity contribution is 6.30. The fourth-order valence-corrected chi connectivity index (χ4v) is 3.96. The number of aromatic nitrogens is 4. The maximum Gasteiger partial charge on any atom is 0.254 e. The van der Waals surface area contributed by atoms with Crippen molar-refractivity contribution in [3.05, 3.63) is 46.4 Å². The molecule has 0 unspecified atom stereocenters. The van der Waals surface area contributed by atoms with Crippen LogP contribution in [-0.2, 0) is 6.42 Å². The van der Waals surface area contributed by atoms with Gasteiger partial charge in [-0.15, -0.1) is 0 Å². The summed E-state index contributed by atoms with van der Waals surface area (Å²) in [5, 5.41) is 5.20. The Bertz CT molecular complexity index is 943. The first-order chi connectivity index (χ1) is 12.6. The molecule has 0 amide bonds. The Morgan fingerprint density at radius 2 is 1.81 bits per heavy atom. The van der Waals surface area contributed by atoms with Crippen molar-refractivity contribution < 1.29 is 0 Å². The molecule has 0 spiro atoms. The summed E-state index contributed by atoms with van der Waals surface area (Å²) in [6.45, 7) is 10.1. The quantitative estimate of drug-likeness (QED) is 0.708. The number of hydrogen-bond donors (Lipinski definition) is 0.